The third-order valence-corrected chi connectivity index (χ3v) is 10.4. The van der Waals surface area contributed by atoms with Crippen LogP contribution >= 0.6 is 22.6 Å². The van der Waals surface area contributed by atoms with Crippen LogP contribution in [0.5, 0.6) is 11.5 Å². The fourth-order valence-electron chi connectivity index (χ4n) is 7.83. The van der Waals surface area contributed by atoms with E-state index in [9.17, 15) is 0 Å². The number of alkyl halides is 1. The first-order valence-corrected chi connectivity index (χ1v) is 12.7. The van der Waals surface area contributed by atoms with E-state index in [1.807, 2.05) is 0 Å². The van der Waals surface area contributed by atoms with Crippen molar-refractivity contribution in [1.82, 2.24) is 4.90 Å². The van der Waals surface area contributed by atoms with Gasteiger partial charge in [-0.1, -0.05) is 28.7 Å². The molecule has 4 aliphatic carbocycles. The molecule has 1 aromatic carbocycles. The summed E-state index contributed by atoms with van der Waals surface area (Å²) in [6.07, 6.45) is 11.5. The van der Waals surface area contributed by atoms with Gasteiger partial charge in [0.1, 0.15) is 6.10 Å². The second-order valence-electron chi connectivity index (χ2n) is 10.3. The van der Waals surface area contributed by atoms with Gasteiger partial charge in [0.25, 0.3) is 0 Å². The molecule has 2 aliphatic heterocycles. The summed E-state index contributed by atoms with van der Waals surface area (Å²) in [6, 6.07) is 6.17. The van der Waals surface area contributed by atoms with Crippen LogP contribution in [-0.4, -0.2) is 40.7 Å². The van der Waals surface area contributed by atoms with E-state index in [0.29, 0.717) is 10.0 Å². The van der Waals surface area contributed by atoms with Gasteiger partial charge in [-0.15, -0.1) is 0 Å². The third kappa shape index (κ3) is 2.10. The standard InChI is InChI=1S/C24H30INO2/c1-27-19-9-6-15-12-18-16-7-8-17(25)23-24(16,20(15)22(19)28-23)10-11-26(18)21(13-2-3-13)14-4-5-14/h6,9,13-14,16-18,21,23H,2-5,7-8,10-12H2,1H3/t16?,17?,18-,23+,24?/m0/s1. The van der Waals surface area contributed by atoms with E-state index >= 15 is 0 Å². The van der Waals surface area contributed by atoms with Gasteiger partial charge in [-0.05, 0) is 87.3 Å². The largest absolute Gasteiger partial charge is 0.493 e. The molecule has 3 unspecified atom stereocenters. The third-order valence-electron chi connectivity index (χ3n) is 9.09. The van der Waals surface area contributed by atoms with Crippen molar-refractivity contribution >= 4 is 22.6 Å². The molecule has 4 heteroatoms. The van der Waals surface area contributed by atoms with Crippen molar-refractivity contribution in [2.75, 3.05) is 13.7 Å². The molecule has 28 heavy (non-hydrogen) atoms. The number of ether oxygens (including phenoxy) is 2. The van der Waals surface area contributed by atoms with Crippen LogP contribution < -0.4 is 9.47 Å². The average Bonchev–Trinajstić information content (AvgIpc) is 3.62. The molecule has 7 rings (SSSR count). The van der Waals surface area contributed by atoms with Crippen LogP contribution in [0.1, 0.15) is 56.1 Å². The minimum Gasteiger partial charge on any atom is -0.493 e. The Balaban J connectivity index is 1.38. The molecule has 1 saturated heterocycles. The molecular weight excluding hydrogens is 461 g/mol. The zero-order valence-electron chi connectivity index (χ0n) is 16.7. The average molecular weight is 491 g/mol. The van der Waals surface area contributed by atoms with E-state index in [-0.39, 0.29) is 5.41 Å². The maximum absolute atomic E-state index is 6.78. The van der Waals surface area contributed by atoms with Gasteiger partial charge in [-0.2, -0.15) is 0 Å². The lowest BCUT2D eigenvalue weighted by molar-refractivity contribution is -0.0693. The highest BCUT2D eigenvalue weighted by Gasteiger charge is 2.66. The zero-order chi connectivity index (χ0) is 18.6. The first-order valence-electron chi connectivity index (χ1n) is 11.5. The first-order chi connectivity index (χ1) is 13.7. The van der Waals surface area contributed by atoms with Gasteiger partial charge in [-0.3, -0.25) is 4.90 Å². The van der Waals surface area contributed by atoms with Crippen LogP contribution in [0.3, 0.4) is 0 Å². The Hall–Kier alpha value is -0.490. The lowest BCUT2D eigenvalue weighted by Crippen LogP contribution is -2.68. The van der Waals surface area contributed by atoms with E-state index in [2.05, 4.69) is 39.6 Å². The van der Waals surface area contributed by atoms with E-state index in [1.54, 1.807) is 18.2 Å². The number of halogens is 1. The molecule has 6 aliphatic rings. The molecule has 2 heterocycles. The summed E-state index contributed by atoms with van der Waals surface area (Å²) in [7, 11) is 1.80. The molecule has 0 N–H and O–H groups in total. The second kappa shape index (κ2) is 5.81. The number of piperidine rings is 1. The Labute approximate surface area is 181 Å². The van der Waals surface area contributed by atoms with Gasteiger partial charge < -0.3 is 9.47 Å². The fraction of sp³-hybridized carbons (Fsp3) is 0.750. The first kappa shape index (κ1) is 17.2. The summed E-state index contributed by atoms with van der Waals surface area (Å²) >= 11 is 2.69. The summed E-state index contributed by atoms with van der Waals surface area (Å²) in [4.78, 5) is 3.04. The Morgan fingerprint density at radius 3 is 2.64 bits per heavy atom. The molecule has 0 radical (unpaired) electrons. The van der Waals surface area contributed by atoms with Gasteiger partial charge >= 0.3 is 0 Å². The number of methoxy groups -OCH3 is 1. The number of rotatable bonds is 4. The number of benzene rings is 1. The molecule has 1 spiro atoms. The van der Waals surface area contributed by atoms with Crippen molar-refractivity contribution in [3.05, 3.63) is 23.3 Å². The Morgan fingerprint density at radius 2 is 1.93 bits per heavy atom. The lowest BCUT2D eigenvalue weighted by atomic mass is 9.51. The molecular formula is C24H30INO2. The predicted molar refractivity (Wildman–Crippen MR) is 118 cm³/mol. The van der Waals surface area contributed by atoms with Crippen LogP contribution in [0.25, 0.3) is 0 Å². The number of hydrogen-bond donors (Lipinski definition) is 0. The van der Waals surface area contributed by atoms with E-state index in [0.717, 1.165) is 41.3 Å². The molecule has 3 nitrogen and oxygen atoms in total. The van der Waals surface area contributed by atoms with Crippen molar-refractivity contribution in [3.8, 4) is 11.5 Å². The van der Waals surface area contributed by atoms with E-state index in [4.69, 9.17) is 9.47 Å². The van der Waals surface area contributed by atoms with Gasteiger partial charge in [-0.25, -0.2) is 0 Å². The maximum Gasteiger partial charge on any atom is 0.165 e. The Morgan fingerprint density at radius 1 is 1.14 bits per heavy atom. The van der Waals surface area contributed by atoms with Gasteiger partial charge in [0.05, 0.1) is 7.11 Å². The van der Waals surface area contributed by atoms with Crippen LogP contribution in [-0.2, 0) is 11.8 Å². The molecule has 0 aromatic heterocycles. The summed E-state index contributed by atoms with van der Waals surface area (Å²) in [6.45, 7) is 1.29. The van der Waals surface area contributed by atoms with Gasteiger partial charge in [0, 0.05) is 27.0 Å². The van der Waals surface area contributed by atoms with E-state index < -0.39 is 0 Å². The van der Waals surface area contributed by atoms with Crippen molar-refractivity contribution in [2.45, 2.75) is 78.9 Å². The molecule has 0 amide bonds. The van der Waals surface area contributed by atoms with Crippen LogP contribution in [0, 0.1) is 17.8 Å². The Bertz CT molecular complexity index is 822. The zero-order valence-corrected chi connectivity index (χ0v) is 18.9. The van der Waals surface area contributed by atoms with Crippen molar-refractivity contribution in [2.24, 2.45) is 17.8 Å². The SMILES string of the molecule is COc1ccc2c3c1O[C@@H]1C(I)CCC4[C@H](C2)N(C(C2CC2)C2CC2)CCC341. The number of hydrogen-bond acceptors (Lipinski definition) is 3. The highest BCUT2D eigenvalue weighted by atomic mass is 127. The predicted octanol–water partition coefficient (Wildman–Crippen LogP) is 4.73. The number of likely N-dealkylation sites (tertiary alicyclic amines) is 1. The van der Waals surface area contributed by atoms with Crippen LogP contribution in [0.4, 0.5) is 0 Å². The van der Waals surface area contributed by atoms with Crippen LogP contribution in [0.2, 0.25) is 0 Å². The summed E-state index contributed by atoms with van der Waals surface area (Å²) < 4.78 is 13.1. The van der Waals surface area contributed by atoms with Crippen molar-refractivity contribution in [1.29, 1.82) is 0 Å². The minimum atomic E-state index is 0.250. The molecule has 150 valence electrons. The Kier molecular flexibility index (Phi) is 3.57. The highest BCUT2D eigenvalue weighted by Crippen LogP contribution is 2.65. The molecule has 2 bridgehead atoms. The molecule has 4 fully saturated rings. The van der Waals surface area contributed by atoms with E-state index in [1.165, 1.54) is 57.9 Å². The lowest BCUT2D eigenvalue weighted by Gasteiger charge is -2.60. The molecule has 5 atom stereocenters. The van der Waals surface area contributed by atoms with Crippen molar-refractivity contribution < 1.29 is 9.47 Å². The minimum absolute atomic E-state index is 0.250. The maximum atomic E-state index is 6.78. The second-order valence-corrected chi connectivity index (χ2v) is 11.9. The number of nitrogens with zero attached hydrogens (tertiary/aromatic N) is 1. The summed E-state index contributed by atoms with van der Waals surface area (Å²) in [5.41, 5.74) is 3.38. The van der Waals surface area contributed by atoms with Crippen LogP contribution in [0.15, 0.2) is 12.1 Å². The monoisotopic (exact) mass is 491 g/mol. The quantitative estimate of drug-likeness (QED) is 0.449. The normalized spacial score (nSPS) is 41.0. The fourth-order valence-corrected chi connectivity index (χ4v) is 8.98. The van der Waals surface area contributed by atoms with Gasteiger partial charge in [0.15, 0.2) is 11.5 Å². The summed E-state index contributed by atoms with van der Waals surface area (Å²) in [5, 5.41) is 0. The molecule has 3 saturated carbocycles. The van der Waals surface area contributed by atoms with Crippen molar-refractivity contribution in [3.63, 3.8) is 0 Å². The van der Waals surface area contributed by atoms with Gasteiger partial charge in [0.2, 0.25) is 0 Å². The smallest absolute Gasteiger partial charge is 0.165 e. The topological polar surface area (TPSA) is 21.7 Å². The highest BCUT2D eigenvalue weighted by molar-refractivity contribution is 14.1. The summed E-state index contributed by atoms with van der Waals surface area (Å²) in [5.74, 6) is 4.85. The molecule has 1 aromatic rings.